The Morgan fingerprint density at radius 3 is 2.62 bits per heavy atom. The van der Waals surface area contributed by atoms with Crippen molar-refractivity contribution in [2.45, 2.75) is 58.7 Å². The van der Waals surface area contributed by atoms with Crippen molar-refractivity contribution >= 4 is 6.09 Å². The molecule has 170 valence electrons. The van der Waals surface area contributed by atoms with E-state index in [1.807, 2.05) is 41.7 Å². The predicted octanol–water partition coefficient (Wildman–Crippen LogP) is 4.03. The Kier molecular flexibility index (Phi) is 6.80. The van der Waals surface area contributed by atoms with Gasteiger partial charge in [0.15, 0.2) is 0 Å². The summed E-state index contributed by atoms with van der Waals surface area (Å²) in [5, 5.41) is 8.96. The molecule has 2 aromatic rings. The van der Waals surface area contributed by atoms with Crippen LogP contribution in [0.2, 0.25) is 0 Å². The van der Waals surface area contributed by atoms with Crippen molar-refractivity contribution in [2.75, 3.05) is 26.2 Å². The molecule has 4 rings (SSSR count). The topological polar surface area (TPSA) is 74.4 Å². The SMILES string of the molecule is CC1(C)CCCC(OC(=O)N2CCN(Cc3cncn3Cc3ccc(C#N)cc3)CC2)C1. The van der Waals surface area contributed by atoms with Crippen LogP contribution in [0.4, 0.5) is 4.79 Å². The largest absolute Gasteiger partial charge is 0.446 e. The van der Waals surface area contributed by atoms with Crippen LogP contribution in [-0.2, 0) is 17.8 Å². The molecule has 32 heavy (non-hydrogen) atoms. The number of benzene rings is 1. The van der Waals surface area contributed by atoms with E-state index < -0.39 is 0 Å². The normalized spacial score (nSPS) is 21.2. The van der Waals surface area contributed by atoms with Crippen LogP contribution in [0.1, 0.15) is 56.4 Å². The van der Waals surface area contributed by atoms with E-state index in [2.05, 4.69) is 34.4 Å². The number of nitriles is 1. The van der Waals surface area contributed by atoms with Gasteiger partial charge in [-0.05, 0) is 48.8 Å². The third kappa shape index (κ3) is 5.68. The minimum atomic E-state index is -0.154. The van der Waals surface area contributed by atoms with Crippen molar-refractivity contribution in [3.05, 3.63) is 53.6 Å². The lowest BCUT2D eigenvalue weighted by molar-refractivity contribution is 0.00902. The summed E-state index contributed by atoms with van der Waals surface area (Å²) in [4.78, 5) is 21.2. The number of amides is 1. The molecule has 1 atom stereocenters. The maximum atomic E-state index is 12.7. The molecule has 1 saturated heterocycles. The van der Waals surface area contributed by atoms with Gasteiger partial charge in [0.05, 0.1) is 23.7 Å². The van der Waals surface area contributed by atoms with Crippen LogP contribution in [0.25, 0.3) is 0 Å². The molecule has 1 aliphatic carbocycles. The highest BCUT2D eigenvalue weighted by Gasteiger charge is 2.32. The van der Waals surface area contributed by atoms with Gasteiger partial charge in [-0.1, -0.05) is 26.0 Å². The highest BCUT2D eigenvalue weighted by molar-refractivity contribution is 5.68. The van der Waals surface area contributed by atoms with Gasteiger partial charge in [-0.2, -0.15) is 5.26 Å². The molecule has 0 N–H and O–H groups in total. The monoisotopic (exact) mass is 435 g/mol. The Bertz CT molecular complexity index is 951. The molecule has 2 aliphatic rings. The zero-order chi connectivity index (χ0) is 22.6. The minimum Gasteiger partial charge on any atom is -0.446 e. The average Bonchev–Trinajstić information content (AvgIpc) is 3.20. The van der Waals surface area contributed by atoms with Gasteiger partial charge in [0, 0.05) is 45.5 Å². The molecule has 2 fully saturated rings. The number of nitrogens with zero attached hydrogens (tertiary/aromatic N) is 5. The van der Waals surface area contributed by atoms with E-state index in [1.54, 1.807) is 0 Å². The first-order chi connectivity index (χ1) is 15.4. The number of carbonyl (C=O) groups is 1. The number of aromatic nitrogens is 2. The minimum absolute atomic E-state index is 0.0563. The third-order valence-corrected chi connectivity index (χ3v) is 6.68. The van der Waals surface area contributed by atoms with Gasteiger partial charge < -0.3 is 14.2 Å². The predicted molar refractivity (Wildman–Crippen MR) is 122 cm³/mol. The summed E-state index contributed by atoms with van der Waals surface area (Å²) in [6.07, 6.45) is 7.96. The molecule has 0 radical (unpaired) electrons. The lowest BCUT2D eigenvalue weighted by Gasteiger charge is -2.38. The van der Waals surface area contributed by atoms with Crippen LogP contribution >= 0.6 is 0 Å². The first kappa shape index (κ1) is 22.3. The molecule has 1 aromatic heterocycles. The molecular weight excluding hydrogens is 402 g/mol. The van der Waals surface area contributed by atoms with Crippen molar-refractivity contribution in [2.24, 2.45) is 5.41 Å². The van der Waals surface area contributed by atoms with E-state index >= 15 is 0 Å². The average molecular weight is 436 g/mol. The summed E-state index contributed by atoms with van der Waals surface area (Å²) < 4.78 is 7.99. The number of piperazine rings is 1. The van der Waals surface area contributed by atoms with Crippen LogP contribution in [0, 0.1) is 16.7 Å². The summed E-state index contributed by atoms with van der Waals surface area (Å²) in [7, 11) is 0. The molecule has 1 amide bonds. The lowest BCUT2D eigenvalue weighted by atomic mass is 9.76. The molecule has 1 saturated carbocycles. The summed E-state index contributed by atoms with van der Waals surface area (Å²) >= 11 is 0. The molecule has 7 nitrogen and oxygen atoms in total. The van der Waals surface area contributed by atoms with E-state index in [0.29, 0.717) is 18.7 Å². The first-order valence-electron chi connectivity index (χ1n) is 11.6. The highest BCUT2D eigenvalue weighted by atomic mass is 16.6. The Morgan fingerprint density at radius 2 is 1.94 bits per heavy atom. The molecule has 7 heteroatoms. The molecule has 1 aliphatic heterocycles. The number of imidazole rings is 1. The standard InChI is InChI=1S/C25H33N5O2/c1-25(2)9-3-4-23(14-25)32-24(31)29-12-10-28(11-13-29)18-22-16-27-19-30(22)17-21-7-5-20(15-26)6-8-21/h5-8,16,19,23H,3-4,9-14,17-18H2,1-2H3. The number of hydrogen-bond acceptors (Lipinski definition) is 5. The Hall–Kier alpha value is -2.85. The molecule has 1 unspecified atom stereocenters. The van der Waals surface area contributed by atoms with Gasteiger partial charge in [-0.3, -0.25) is 4.90 Å². The number of hydrogen-bond donors (Lipinski definition) is 0. The van der Waals surface area contributed by atoms with Gasteiger partial charge in [-0.25, -0.2) is 9.78 Å². The Morgan fingerprint density at radius 1 is 1.19 bits per heavy atom. The van der Waals surface area contributed by atoms with Crippen LogP contribution in [0.15, 0.2) is 36.8 Å². The van der Waals surface area contributed by atoms with Crippen LogP contribution in [0.3, 0.4) is 0 Å². The third-order valence-electron chi connectivity index (χ3n) is 6.68. The maximum Gasteiger partial charge on any atom is 0.410 e. The van der Waals surface area contributed by atoms with E-state index in [0.717, 1.165) is 56.7 Å². The highest BCUT2D eigenvalue weighted by Crippen LogP contribution is 2.36. The van der Waals surface area contributed by atoms with Gasteiger partial charge >= 0.3 is 6.09 Å². The Balaban J connectivity index is 1.26. The number of carbonyl (C=O) groups excluding carboxylic acids is 1. The molecular formula is C25H33N5O2. The van der Waals surface area contributed by atoms with Gasteiger partial charge in [0.1, 0.15) is 6.10 Å². The van der Waals surface area contributed by atoms with Crippen LogP contribution in [-0.4, -0.2) is 57.7 Å². The quantitative estimate of drug-likeness (QED) is 0.709. The first-order valence-corrected chi connectivity index (χ1v) is 11.6. The van der Waals surface area contributed by atoms with E-state index in [9.17, 15) is 4.79 Å². The van der Waals surface area contributed by atoms with Crippen molar-refractivity contribution < 1.29 is 9.53 Å². The lowest BCUT2D eigenvalue weighted by Crippen LogP contribution is -2.49. The fourth-order valence-electron chi connectivity index (χ4n) is 4.77. The maximum absolute atomic E-state index is 12.7. The zero-order valence-electron chi connectivity index (χ0n) is 19.2. The summed E-state index contributed by atoms with van der Waals surface area (Å²) in [5.41, 5.74) is 3.22. The second-order valence-corrected chi connectivity index (χ2v) is 9.85. The summed E-state index contributed by atoms with van der Waals surface area (Å²) in [6.45, 7) is 9.09. The number of ether oxygens (including phenoxy) is 1. The van der Waals surface area contributed by atoms with Crippen LogP contribution < -0.4 is 0 Å². The van der Waals surface area contributed by atoms with Crippen molar-refractivity contribution in [1.82, 2.24) is 19.4 Å². The molecule has 0 spiro atoms. The van der Waals surface area contributed by atoms with E-state index in [4.69, 9.17) is 10.00 Å². The summed E-state index contributed by atoms with van der Waals surface area (Å²) in [6, 6.07) is 9.82. The van der Waals surface area contributed by atoms with Gasteiger partial charge in [-0.15, -0.1) is 0 Å². The second kappa shape index (κ2) is 9.74. The van der Waals surface area contributed by atoms with E-state index in [-0.39, 0.29) is 17.6 Å². The fraction of sp³-hybridized carbons (Fsp3) is 0.560. The van der Waals surface area contributed by atoms with Gasteiger partial charge in [0.25, 0.3) is 0 Å². The second-order valence-electron chi connectivity index (χ2n) is 9.85. The van der Waals surface area contributed by atoms with Crippen LogP contribution in [0.5, 0.6) is 0 Å². The van der Waals surface area contributed by atoms with Gasteiger partial charge in [0.2, 0.25) is 0 Å². The number of rotatable bonds is 5. The van der Waals surface area contributed by atoms with Crippen molar-refractivity contribution in [1.29, 1.82) is 5.26 Å². The van der Waals surface area contributed by atoms with E-state index in [1.165, 1.54) is 6.42 Å². The molecule has 1 aromatic carbocycles. The fourth-order valence-corrected chi connectivity index (χ4v) is 4.77. The molecule has 0 bridgehead atoms. The zero-order valence-corrected chi connectivity index (χ0v) is 19.2. The molecule has 2 heterocycles. The smallest absolute Gasteiger partial charge is 0.410 e. The van der Waals surface area contributed by atoms with Crippen molar-refractivity contribution in [3.63, 3.8) is 0 Å². The Labute approximate surface area is 190 Å². The van der Waals surface area contributed by atoms with Crippen molar-refractivity contribution in [3.8, 4) is 6.07 Å². The summed E-state index contributed by atoms with van der Waals surface area (Å²) in [5.74, 6) is 0.